The molecule has 5 nitrogen and oxygen atoms in total. The fourth-order valence-electron chi connectivity index (χ4n) is 3.17. The molecule has 30 heavy (non-hydrogen) atoms. The number of nitrogens with zero attached hydrogens (tertiary/aromatic N) is 1. The number of hydrogen-bond acceptors (Lipinski definition) is 4. The molecule has 0 bridgehead atoms. The van der Waals surface area contributed by atoms with Crippen LogP contribution in [-0.4, -0.2) is 45.4 Å². The summed E-state index contributed by atoms with van der Waals surface area (Å²) in [7, 11) is 1.84. The van der Waals surface area contributed by atoms with Gasteiger partial charge in [0.25, 0.3) is 7.82 Å². The average molecular weight is 553 g/mol. The van der Waals surface area contributed by atoms with E-state index in [1.165, 1.54) is 60.5 Å². The third-order valence-corrected chi connectivity index (χ3v) is 7.11. The lowest BCUT2D eigenvalue weighted by Crippen LogP contribution is -2.37. The number of quaternary nitrogens is 1. The molecule has 0 aliphatic carbocycles. The molecule has 1 atom stereocenters. The molecule has 174 valence electrons. The summed E-state index contributed by atoms with van der Waals surface area (Å²) in [5, 5.41) is 0. The van der Waals surface area contributed by atoms with Crippen molar-refractivity contribution in [1.82, 2.24) is 0 Å². The van der Waals surface area contributed by atoms with Crippen LogP contribution in [0, 0.1) is 3.57 Å². The van der Waals surface area contributed by atoms with E-state index in [0.29, 0.717) is 11.0 Å². The Morgan fingerprint density at radius 2 is 1.33 bits per heavy atom. The molecule has 1 unspecified atom stereocenters. The van der Waals surface area contributed by atoms with Crippen LogP contribution in [0.25, 0.3) is 0 Å². The topological polar surface area (TPSA) is 58.6 Å². The highest BCUT2D eigenvalue weighted by Gasteiger charge is 2.12. The average Bonchev–Trinajstić information content (AvgIpc) is 2.65. The molecule has 0 heterocycles. The SMILES string of the molecule is C[N+](C)(C)CCOP(=O)([O-])OCCCCCCCCCCCCc1ccccc1I. The van der Waals surface area contributed by atoms with E-state index in [0.717, 1.165) is 19.3 Å². The third kappa shape index (κ3) is 15.8. The van der Waals surface area contributed by atoms with Crippen molar-refractivity contribution in [1.29, 1.82) is 0 Å². The molecule has 0 aliphatic rings. The van der Waals surface area contributed by atoms with E-state index < -0.39 is 7.82 Å². The van der Waals surface area contributed by atoms with Gasteiger partial charge in [0.2, 0.25) is 0 Å². The van der Waals surface area contributed by atoms with Crippen LogP contribution in [0.2, 0.25) is 0 Å². The zero-order valence-corrected chi connectivity index (χ0v) is 22.2. The van der Waals surface area contributed by atoms with E-state index in [1.54, 1.807) is 0 Å². The maximum absolute atomic E-state index is 11.7. The summed E-state index contributed by atoms with van der Waals surface area (Å²) in [6, 6.07) is 8.65. The Kier molecular flexibility index (Phi) is 14.7. The van der Waals surface area contributed by atoms with Crippen molar-refractivity contribution in [3.8, 4) is 0 Å². The number of phosphoric acid groups is 1. The molecule has 0 saturated carbocycles. The lowest BCUT2D eigenvalue weighted by molar-refractivity contribution is -0.870. The molecular formula is C23H41INO4P. The number of hydrogen-bond donors (Lipinski definition) is 0. The van der Waals surface area contributed by atoms with Crippen LogP contribution >= 0.6 is 30.4 Å². The zero-order chi connectivity index (χ0) is 22.3. The van der Waals surface area contributed by atoms with Gasteiger partial charge in [0.15, 0.2) is 0 Å². The minimum atomic E-state index is -4.14. The number of phosphoric ester groups is 1. The Bertz CT molecular complexity index is 621. The van der Waals surface area contributed by atoms with Crippen molar-refractivity contribution in [2.75, 3.05) is 40.9 Å². The summed E-state index contributed by atoms with van der Waals surface area (Å²) in [6.45, 7) is 1.02. The second-order valence-corrected chi connectivity index (χ2v) is 11.6. The van der Waals surface area contributed by atoms with Gasteiger partial charge >= 0.3 is 0 Å². The van der Waals surface area contributed by atoms with Crippen molar-refractivity contribution in [3.05, 3.63) is 33.4 Å². The molecule has 1 aromatic carbocycles. The molecule has 0 spiro atoms. The van der Waals surface area contributed by atoms with Gasteiger partial charge in [0.1, 0.15) is 13.2 Å². The lowest BCUT2D eigenvalue weighted by atomic mass is 10.0. The number of likely N-dealkylation sites (N-methyl/N-ethyl adjacent to an activating group) is 1. The first-order valence-electron chi connectivity index (χ1n) is 11.3. The van der Waals surface area contributed by atoms with Gasteiger partial charge in [-0.1, -0.05) is 69.6 Å². The van der Waals surface area contributed by atoms with Gasteiger partial charge < -0.3 is 18.4 Å². The van der Waals surface area contributed by atoms with Gasteiger partial charge in [-0.2, -0.15) is 0 Å². The molecule has 0 saturated heterocycles. The zero-order valence-electron chi connectivity index (χ0n) is 19.1. The van der Waals surface area contributed by atoms with E-state index in [1.807, 2.05) is 21.1 Å². The molecule has 0 amide bonds. The van der Waals surface area contributed by atoms with Gasteiger partial charge in [-0.25, -0.2) is 0 Å². The molecule has 0 aromatic heterocycles. The monoisotopic (exact) mass is 553 g/mol. The highest BCUT2D eigenvalue weighted by atomic mass is 127. The van der Waals surface area contributed by atoms with Gasteiger partial charge in [0, 0.05) is 3.57 Å². The Morgan fingerprint density at radius 3 is 1.90 bits per heavy atom. The van der Waals surface area contributed by atoms with Crippen molar-refractivity contribution in [2.24, 2.45) is 0 Å². The van der Waals surface area contributed by atoms with E-state index in [-0.39, 0.29) is 13.2 Å². The normalized spacial score (nSPS) is 14.0. The Balaban J connectivity index is 1.87. The fraction of sp³-hybridized carbons (Fsp3) is 0.739. The number of rotatable bonds is 18. The molecule has 1 aromatic rings. The molecule has 1 rings (SSSR count). The first-order chi connectivity index (χ1) is 14.2. The van der Waals surface area contributed by atoms with Gasteiger partial charge in [-0.15, -0.1) is 0 Å². The first kappa shape index (κ1) is 28.1. The quantitative estimate of drug-likeness (QED) is 0.0977. The lowest BCUT2D eigenvalue weighted by Gasteiger charge is -2.27. The number of unbranched alkanes of at least 4 members (excludes halogenated alkanes) is 9. The van der Waals surface area contributed by atoms with Crippen LogP contribution < -0.4 is 4.89 Å². The summed E-state index contributed by atoms with van der Waals surface area (Å²) in [6.07, 6.45) is 13.1. The highest BCUT2D eigenvalue weighted by molar-refractivity contribution is 14.1. The van der Waals surface area contributed by atoms with Crippen LogP contribution in [0.5, 0.6) is 0 Å². The van der Waals surface area contributed by atoms with E-state index >= 15 is 0 Å². The summed E-state index contributed by atoms with van der Waals surface area (Å²) in [4.78, 5) is 11.7. The van der Waals surface area contributed by atoms with E-state index in [9.17, 15) is 9.46 Å². The van der Waals surface area contributed by atoms with Gasteiger partial charge in [-0.05, 0) is 53.5 Å². The van der Waals surface area contributed by atoms with Crippen molar-refractivity contribution < 1.29 is 23.0 Å². The Morgan fingerprint density at radius 1 is 0.833 bits per heavy atom. The van der Waals surface area contributed by atoms with Crippen LogP contribution in [0.1, 0.15) is 69.8 Å². The van der Waals surface area contributed by atoms with Crippen LogP contribution in [0.3, 0.4) is 0 Å². The van der Waals surface area contributed by atoms with Crippen LogP contribution in [-0.2, 0) is 20.0 Å². The molecule has 0 aliphatic heterocycles. The minimum absolute atomic E-state index is 0.163. The predicted octanol–water partition coefficient (Wildman–Crippen LogP) is 5.94. The molecule has 0 N–H and O–H groups in total. The summed E-state index contributed by atoms with van der Waals surface area (Å²) in [5.74, 6) is 0. The molecule has 0 fully saturated rings. The van der Waals surface area contributed by atoms with E-state index in [2.05, 4.69) is 46.9 Å². The summed E-state index contributed by atoms with van der Waals surface area (Å²) >= 11 is 2.42. The maximum atomic E-state index is 11.7. The minimum Gasteiger partial charge on any atom is -0.756 e. The molecule has 0 radical (unpaired) electrons. The van der Waals surface area contributed by atoms with Crippen molar-refractivity contribution >= 4 is 30.4 Å². The molecular weight excluding hydrogens is 512 g/mol. The second-order valence-electron chi connectivity index (χ2n) is 9.00. The largest absolute Gasteiger partial charge is 0.756 e. The van der Waals surface area contributed by atoms with Crippen LogP contribution in [0.15, 0.2) is 24.3 Å². The first-order valence-corrected chi connectivity index (χ1v) is 13.9. The summed E-state index contributed by atoms with van der Waals surface area (Å²) in [5.41, 5.74) is 1.48. The summed E-state index contributed by atoms with van der Waals surface area (Å²) < 4.78 is 23.5. The van der Waals surface area contributed by atoms with Crippen LogP contribution in [0.4, 0.5) is 0 Å². The number of aryl methyl sites for hydroxylation is 1. The Hall–Kier alpha value is 0.0200. The predicted molar refractivity (Wildman–Crippen MR) is 131 cm³/mol. The van der Waals surface area contributed by atoms with Crippen molar-refractivity contribution in [2.45, 2.75) is 70.6 Å². The number of benzene rings is 1. The maximum Gasteiger partial charge on any atom is 0.268 e. The molecule has 7 heteroatoms. The van der Waals surface area contributed by atoms with E-state index in [4.69, 9.17) is 9.05 Å². The van der Waals surface area contributed by atoms with Gasteiger partial charge in [-0.3, -0.25) is 4.57 Å². The standard InChI is InChI=1S/C23H41INO4P/c1-25(2,3)19-21-29-30(26,27)28-20-15-11-9-7-5-4-6-8-10-12-16-22-17-13-14-18-23(22)24/h13-14,17-18H,4-12,15-16,19-21H2,1-3H3. The smallest absolute Gasteiger partial charge is 0.268 e. The third-order valence-electron chi connectivity index (χ3n) is 5.06. The fourth-order valence-corrected chi connectivity index (χ4v) is 4.56. The van der Waals surface area contributed by atoms with Gasteiger partial charge in [0.05, 0.1) is 27.7 Å². The number of halogens is 1. The second kappa shape index (κ2) is 15.8. The highest BCUT2D eigenvalue weighted by Crippen LogP contribution is 2.38. The van der Waals surface area contributed by atoms with Crippen molar-refractivity contribution in [3.63, 3.8) is 0 Å². The Labute approximate surface area is 197 Å².